The second-order valence-electron chi connectivity index (χ2n) is 3.91. The Bertz CT molecular complexity index is 281. The molecule has 17 heavy (non-hydrogen) atoms. The van der Waals surface area contributed by atoms with E-state index in [2.05, 4.69) is 0 Å². The number of carbonyl (C=O) groups is 1. The fourth-order valence-electron chi connectivity index (χ4n) is 1.50. The predicted octanol–water partition coefficient (Wildman–Crippen LogP) is 1.02. The van der Waals surface area contributed by atoms with Crippen LogP contribution in [-0.4, -0.2) is 30.4 Å². The van der Waals surface area contributed by atoms with Crippen LogP contribution in [0.2, 0.25) is 0 Å². The summed E-state index contributed by atoms with van der Waals surface area (Å²) in [4.78, 5) is 13.5. The summed E-state index contributed by atoms with van der Waals surface area (Å²) in [6.07, 6.45) is 1.88. The fourth-order valence-corrected chi connectivity index (χ4v) is 1.50. The van der Waals surface area contributed by atoms with Crippen molar-refractivity contribution in [3.8, 4) is 12.1 Å². The van der Waals surface area contributed by atoms with Crippen LogP contribution < -0.4 is 5.73 Å². The molecule has 0 saturated carbocycles. The van der Waals surface area contributed by atoms with E-state index in [1.165, 1.54) is 0 Å². The van der Waals surface area contributed by atoms with Gasteiger partial charge in [-0.2, -0.15) is 10.5 Å². The Morgan fingerprint density at radius 2 is 1.82 bits per heavy atom. The number of amides is 1. The molecule has 0 bridgehead atoms. The van der Waals surface area contributed by atoms with Crippen LogP contribution in [-0.2, 0) is 4.79 Å². The number of nitrogens with zero attached hydrogens (tertiary/aromatic N) is 3. The second-order valence-corrected chi connectivity index (χ2v) is 3.91. The molecule has 0 aliphatic carbocycles. The number of carbonyl (C=O) groups excluding carboxylic acids is 1. The van der Waals surface area contributed by atoms with E-state index in [9.17, 15) is 4.79 Å². The Labute approximate surface area is 103 Å². The lowest BCUT2D eigenvalue weighted by atomic mass is 10.0. The van der Waals surface area contributed by atoms with Crippen molar-refractivity contribution >= 4 is 5.91 Å². The first-order valence-corrected chi connectivity index (χ1v) is 5.91. The van der Waals surface area contributed by atoms with Crippen molar-refractivity contribution in [2.24, 2.45) is 11.7 Å². The molecule has 0 rings (SSSR count). The van der Waals surface area contributed by atoms with E-state index < -0.39 is 0 Å². The first-order chi connectivity index (χ1) is 8.19. The zero-order valence-corrected chi connectivity index (χ0v) is 10.4. The third-order valence-electron chi connectivity index (χ3n) is 2.71. The van der Waals surface area contributed by atoms with Crippen LogP contribution >= 0.6 is 0 Å². The fraction of sp³-hybridized carbons (Fsp3) is 0.750. The van der Waals surface area contributed by atoms with Gasteiger partial charge in [-0.05, 0) is 12.5 Å². The topological polar surface area (TPSA) is 93.9 Å². The van der Waals surface area contributed by atoms with Crippen LogP contribution in [0.3, 0.4) is 0 Å². The van der Waals surface area contributed by atoms with E-state index in [1.54, 1.807) is 4.90 Å². The van der Waals surface area contributed by atoms with Crippen molar-refractivity contribution in [2.75, 3.05) is 19.6 Å². The van der Waals surface area contributed by atoms with Gasteiger partial charge in [-0.1, -0.05) is 13.3 Å². The van der Waals surface area contributed by atoms with Crippen LogP contribution in [0.25, 0.3) is 0 Å². The van der Waals surface area contributed by atoms with Gasteiger partial charge in [0.25, 0.3) is 0 Å². The zero-order chi connectivity index (χ0) is 13.1. The molecule has 0 radical (unpaired) electrons. The lowest BCUT2D eigenvalue weighted by Gasteiger charge is -2.22. The number of nitriles is 2. The van der Waals surface area contributed by atoms with Crippen LogP contribution in [0.15, 0.2) is 0 Å². The summed E-state index contributed by atoms with van der Waals surface area (Å²) >= 11 is 0. The average molecular weight is 236 g/mol. The first-order valence-electron chi connectivity index (χ1n) is 5.91. The third kappa shape index (κ3) is 6.55. The maximum absolute atomic E-state index is 11.9. The number of hydrogen-bond donors (Lipinski definition) is 1. The Morgan fingerprint density at radius 1 is 1.29 bits per heavy atom. The van der Waals surface area contributed by atoms with Crippen molar-refractivity contribution in [3.05, 3.63) is 0 Å². The van der Waals surface area contributed by atoms with Crippen molar-refractivity contribution in [1.29, 1.82) is 10.5 Å². The normalized spacial score (nSPS) is 11.3. The summed E-state index contributed by atoms with van der Waals surface area (Å²) in [6.45, 7) is 3.29. The van der Waals surface area contributed by atoms with Crippen LogP contribution in [0.4, 0.5) is 0 Å². The molecule has 0 aromatic carbocycles. The molecular formula is C12H20N4O. The number of rotatable bonds is 8. The van der Waals surface area contributed by atoms with E-state index in [-0.39, 0.29) is 11.8 Å². The molecule has 0 aromatic heterocycles. The molecule has 0 aliphatic rings. The summed E-state index contributed by atoms with van der Waals surface area (Å²) < 4.78 is 0. The van der Waals surface area contributed by atoms with Crippen molar-refractivity contribution in [2.45, 2.75) is 32.6 Å². The van der Waals surface area contributed by atoms with Gasteiger partial charge in [-0.25, -0.2) is 0 Å². The first kappa shape index (κ1) is 15.4. The lowest BCUT2D eigenvalue weighted by Crippen LogP contribution is -2.35. The smallest absolute Gasteiger partial charge is 0.222 e. The van der Waals surface area contributed by atoms with Crippen LogP contribution in [0.5, 0.6) is 0 Å². The molecule has 0 saturated heterocycles. The van der Waals surface area contributed by atoms with Gasteiger partial charge in [0.1, 0.15) is 0 Å². The molecule has 94 valence electrons. The van der Waals surface area contributed by atoms with E-state index in [4.69, 9.17) is 16.3 Å². The van der Waals surface area contributed by atoms with Gasteiger partial charge in [0.2, 0.25) is 5.91 Å². The Balaban J connectivity index is 4.31. The van der Waals surface area contributed by atoms with Gasteiger partial charge in [-0.15, -0.1) is 0 Å². The Kier molecular flexibility index (Phi) is 8.72. The molecule has 2 N–H and O–H groups in total. The molecule has 1 unspecified atom stereocenters. The molecule has 1 atom stereocenters. The molecule has 5 heteroatoms. The quantitative estimate of drug-likeness (QED) is 0.680. The summed E-state index contributed by atoms with van der Waals surface area (Å²) in [7, 11) is 0. The number of hydrogen-bond acceptors (Lipinski definition) is 4. The molecule has 0 heterocycles. The summed E-state index contributed by atoms with van der Waals surface area (Å²) in [5, 5.41) is 17.0. The van der Waals surface area contributed by atoms with Gasteiger partial charge < -0.3 is 10.6 Å². The Morgan fingerprint density at radius 3 is 2.18 bits per heavy atom. The molecular weight excluding hydrogens is 216 g/mol. The molecule has 1 amide bonds. The maximum Gasteiger partial charge on any atom is 0.222 e. The van der Waals surface area contributed by atoms with Crippen molar-refractivity contribution in [3.63, 3.8) is 0 Å². The second kappa shape index (κ2) is 9.62. The monoisotopic (exact) mass is 236 g/mol. The lowest BCUT2D eigenvalue weighted by molar-refractivity contribution is -0.132. The van der Waals surface area contributed by atoms with Crippen molar-refractivity contribution in [1.82, 2.24) is 4.90 Å². The van der Waals surface area contributed by atoms with Crippen molar-refractivity contribution < 1.29 is 4.79 Å². The van der Waals surface area contributed by atoms with Gasteiger partial charge in [-0.3, -0.25) is 4.79 Å². The third-order valence-corrected chi connectivity index (χ3v) is 2.71. The highest BCUT2D eigenvalue weighted by atomic mass is 16.2. The number of nitrogens with two attached hydrogens (primary N) is 1. The molecule has 0 spiro atoms. The van der Waals surface area contributed by atoms with E-state index >= 15 is 0 Å². The van der Waals surface area contributed by atoms with E-state index in [0.29, 0.717) is 38.9 Å². The minimum absolute atomic E-state index is 0.00667. The SMILES string of the molecule is CCC(CN)CC(=O)N(CCC#N)CCC#N. The van der Waals surface area contributed by atoms with Gasteiger partial charge in [0, 0.05) is 19.5 Å². The molecule has 0 aliphatic heterocycles. The van der Waals surface area contributed by atoms with Gasteiger partial charge in [0.15, 0.2) is 0 Å². The predicted molar refractivity (Wildman–Crippen MR) is 64.5 cm³/mol. The van der Waals surface area contributed by atoms with Gasteiger partial charge >= 0.3 is 0 Å². The summed E-state index contributed by atoms with van der Waals surface area (Å²) in [5.41, 5.74) is 5.56. The molecule has 0 fully saturated rings. The largest absolute Gasteiger partial charge is 0.341 e. The Hall–Kier alpha value is -1.59. The maximum atomic E-state index is 11.9. The summed E-state index contributed by atoms with van der Waals surface area (Å²) in [6, 6.07) is 4.02. The minimum atomic E-state index is -0.00667. The standard InChI is InChI=1S/C12H20N4O/c1-2-11(10-15)9-12(17)16(7-3-5-13)8-4-6-14/h11H,2-4,7-10,15H2,1H3. The minimum Gasteiger partial charge on any atom is -0.341 e. The molecule has 0 aromatic rings. The zero-order valence-electron chi connectivity index (χ0n) is 10.4. The highest BCUT2D eigenvalue weighted by Gasteiger charge is 2.16. The van der Waals surface area contributed by atoms with E-state index in [1.807, 2.05) is 19.1 Å². The average Bonchev–Trinajstić information content (AvgIpc) is 2.35. The highest BCUT2D eigenvalue weighted by molar-refractivity contribution is 5.76. The van der Waals surface area contributed by atoms with Gasteiger partial charge in [0.05, 0.1) is 25.0 Å². The van der Waals surface area contributed by atoms with Crippen LogP contribution in [0, 0.1) is 28.6 Å². The molecule has 5 nitrogen and oxygen atoms in total. The van der Waals surface area contributed by atoms with Crippen LogP contribution in [0.1, 0.15) is 32.6 Å². The highest BCUT2D eigenvalue weighted by Crippen LogP contribution is 2.09. The summed E-state index contributed by atoms with van der Waals surface area (Å²) in [5.74, 6) is 0.182. The van der Waals surface area contributed by atoms with E-state index in [0.717, 1.165) is 6.42 Å².